The Labute approximate surface area is 75.7 Å². The number of fused-ring (bicyclic) bond motifs is 1. The number of hydrogen-bond acceptors (Lipinski definition) is 2. The molecule has 1 aromatic carbocycles. The fourth-order valence-corrected chi connectivity index (χ4v) is 1.23. The SMILES string of the molecule is C[C@@H]1Oc2c([NH])cccc2NC1=O. The Morgan fingerprint density at radius 1 is 1.54 bits per heavy atom. The number of rotatable bonds is 0. The maximum atomic E-state index is 11.2. The minimum Gasteiger partial charge on any atom is -0.476 e. The van der Waals surface area contributed by atoms with Crippen molar-refractivity contribution in [2.45, 2.75) is 13.0 Å². The van der Waals surface area contributed by atoms with Crippen molar-refractivity contribution in [2.24, 2.45) is 0 Å². The van der Waals surface area contributed by atoms with E-state index in [-0.39, 0.29) is 5.91 Å². The normalized spacial score (nSPS) is 20.1. The largest absolute Gasteiger partial charge is 0.476 e. The Hall–Kier alpha value is -1.71. The third-order valence-electron chi connectivity index (χ3n) is 1.94. The third kappa shape index (κ3) is 1.20. The first-order chi connectivity index (χ1) is 6.18. The Balaban J connectivity index is 2.48. The van der Waals surface area contributed by atoms with Crippen molar-refractivity contribution in [3.8, 4) is 5.75 Å². The summed E-state index contributed by atoms with van der Waals surface area (Å²) in [4.78, 5) is 11.2. The summed E-state index contributed by atoms with van der Waals surface area (Å²) < 4.78 is 5.28. The van der Waals surface area contributed by atoms with Gasteiger partial charge in [-0.1, -0.05) is 6.07 Å². The van der Waals surface area contributed by atoms with E-state index in [1.807, 2.05) is 0 Å². The molecule has 0 saturated heterocycles. The fraction of sp³-hybridized carbons (Fsp3) is 0.222. The van der Waals surface area contributed by atoms with Crippen LogP contribution in [0, 0.1) is 0 Å². The van der Waals surface area contributed by atoms with Crippen LogP contribution in [-0.4, -0.2) is 12.0 Å². The molecule has 4 nitrogen and oxygen atoms in total. The minimum absolute atomic E-state index is 0.168. The van der Waals surface area contributed by atoms with Crippen LogP contribution in [0.3, 0.4) is 0 Å². The van der Waals surface area contributed by atoms with Gasteiger partial charge in [0.2, 0.25) is 0 Å². The monoisotopic (exact) mass is 177 g/mol. The van der Waals surface area contributed by atoms with Gasteiger partial charge in [-0.2, -0.15) is 0 Å². The highest BCUT2D eigenvalue weighted by Gasteiger charge is 2.24. The molecular formula is C9H9N2O2. The van der Waals surface area contributed by atoms with Gasteiger partial charge in [0, 0.05) is 0 Å². The molecule has 2 rings (SSSR count). The number of anilines is 1. The highest BCUT2D eigenvalue weighted by Crippen LogP contribution is 2.35. The Morgan fingerprint density at radius 3 is 3.08 bits per heavy atom. The molecule has 0 spiro atoms. The lowest BCUT2D eigenvalue weighted by molar-refractivity contribution is -0.122. The Morgan fingerprint density at radius 2 is 2.31 bits per heavy atom. The number of carbonyl (C=O) groups is 1. The van der Waals surface area contributed by atoms with E-state index in [0.29, 0.717) is 17.1 Å². The van der Waals surface area contributed by atoms with Gasteiger partial charge in [0.1, 0.15) is 0 Å². The van der Waals surface area contributed by atoms with Crippen molar-refractivity contribution in [3.05, 3.63) is 18.2 Å². The zero-order valence-electron chi connectivity index (χ0n) is 7.13. The van der Waals surface area contributed by atoms with E-state index in [1.54, 1.807) is 25.1 Å². The second-order valence-corrected chi connectivity index (χ2v) is 2.93. The van der Waals surface area contributed by atoms with Gasteiger partial charge in [-0.05, 0) is 19.1 Å². The third-order valence-corrected chi connectivity index (χ3v) is 1.94. The van der Waals surface area contributed by atoms with Crippen LogP contribution >= 0.6 is 0 Å². The van der Waals surface area contributed by atoms with Crippen LogP contribution in [0.4, 0.5) is 11.4 Å². The zero-order valence-corrected chi connectivity index (χ0v) is 7.13. The number of hydrogen-bond donors (Lipinski definition) is 1. The van der Waals surface area contributed by atoms with E-state index >= 15 is 0 Å². The van der Waals surface area contributed by atoms with Crippen LogP contribution in [0.5, 0.6) is 5.75 Å². The van der Waals surface area contributed by atoms with Crippen molar-refractivity contribution in [2.75, 3.05) is 5.32 Å². The molecule has 13 heavy (non-hydrogen) atoms. The second-order valence-electron chi connectivity index (χ2n) is 2.93. The van der Waals surface area contributed by atoms with E-state index in [0.717, 1.165) is 0 Å². The average molecular weight is 177 g/mol. The molecule has 1 aromatic rings. The summed E-state index contributed by atoms with van der Waals surface area (Å²) in [7, 11) is 0. The van der Waals surface area contributed by atoms with Crippen molar-refractivity contribution in [1.82, 2.24) is 5.73 Å². The maximum absolute atomic E-state index is 11.2. The Kier molecular flexibility index (Phi) is 1.62. The first kappa shape index (κ1) is 7.91. The Bertz CT molecular complexity index is 363. The standard InChI is InChI=1S/C9H9N2O2/c1-5-9(12)11-7-4-2-3-6(10)8(7)13-5/h2-5,10H,1H3,(H,11,12)/t5-/m0/s1. The summed E-state index contributed by atoms with van der Waals surface area (Å²) >= 11 is 0. The average Bonchev–Trinajstić information content (AvgIpc) is 2.09. The van der Waals surface area contributed by atoms with Gasteiger partial charge in [-0.3, -0.25) is 10.5 Å². The number of para-hydroxylation sites is 1. The molecule has 0 saturated carbocycles. The topological polar surface area (TPSA) is 62.1 Å². The van der Waals surface area contributed by atoms with Gasteiger partial charge in [-0.25, -0.2) is 0 Å². The second kappa shape index (κ2) is 2.65. The summed E-state index contributed by atoms with van der Waals surface area (Å²) in [5, 5.41) is 2.67. The van der Waals surface area contributed by atoms with Crippen LogP contribution < -0.4 is 15.8 Å². The first-order valence-electron chi connectivity index (χ1n) is 4.00. The molecule has 2 N–H and O–H groups in total. The quantitative estimate of drug-likeness (QED) is 0.649. The molecule has 0 bridgehead atoms. The smallest absolute Gasteiger partial charge is 0.265 e. The van der Waals surface area contributed by atoms with Crippen molar-refractivity contribution < 1.29 is 9.53 Å². The lowest BCUT2D eigenvalue weighted by Crippen LogP contribution is -2.34. The van der Waals surface area contributed by atoms with Crippen LogP contribution in [0.2, 0.25) is 0 Å². The van der Waals surface area contributed by atoms with Crippen LogP contribution in [0.15, 0.2) is 18.2 Å². The summed E-state index contributed by atoms with van der Waals surface area (Å²) in [5.74, 6) is 0.285. The molecule has 1 amide bonds. The number of benzene rings is 1. The summed E-state index contributed by atoms with van der Waals surface area (Å²) in [6.45, 7) is 1.66. The molecule has 1 radical (unpaired) electrons. The molecule has 1 heterocycles. The van der Waals surface area contributed by atoms with E-state index < -0.39 is 6.10 Å². The lowest BCUT2D eigenvalue weighted by Gasteiger charge is -2.23. The van der Waals surface area contributed by atoms with E-state index in [1.165, 1.54) is 0 Å². The van der Waals surface area contributed by atoms with E-state index in [4.69, 9.17) is 10.5 Å². The first-order valence-corrected chi connectivity index (χ1v) is 4.00. The number of nitrogens with one attached hydrogen (secondary N) is 2. The highest BCUT2D eigenvalue weighted by molar-refractivity contribution is 5.98. The lowest BCUT2D eigenvalue weighted by atomic mass is 10.2. The summed E-state index contributed by atoms with van der Waals surface area (Å²) in [5.41, 5.74) is 8.40. The fourth-order valence-electron chi connectivity index (χ4n) is 1.23. The predicted molar refractivity (Wildman–Crippen MR) is 47.9 cm³/mol. The van der Waals surface area contributed by atoms with E-state index in [2.05, 4.69) is 5.32 Å². The zero-order chi connectivity index (χ0) is 9.42. The molecule has 4 heteroatoms. The van der Waals surface area contributed by atoms with Gasteiger partial charge < -0.3 is 10.1 Å². The van der Waals surface area contributed by atoms with Gasteiger partial charge in [0.25, 0.3) is 5.91 Å². The van der Waals surface area contributed by atoms with Crippen LogP contribution in [-0.2, 0) is 4.79 Å². The van der Waals surface area contributed by atoms with Crippen molar-refractivity contribution in [1.29, 1.82) is 0 Å². The maximum Gasteiger partial charge on any atom is 0.265 e. The number of carbonyl (C=O) groups excluding carboxylic acids is 1. The van der Waals surface area contributed by atoms with Gasteiger partial charge >= 0.3 is 0 Å². The molecule has 1 atom stereocenters. The van der Waals surface area contributed by atoms with Gasteiger partial charge in [0.05, 0.1) is 11.4 Å². The van der Waals surface area contributed by atoms with Crippen LogP contribution in [0.1, 0.15) is 6.92 Å². The number of ether oxygens (including phenoxy) is 1. The molecule has 0 unspecified atom stereocenters. The molecule has 1 aliphatic rings. The molecule has 1 aliphatic heterocycles. The van der Waals surface area contributed by atoms with Crippen LogP contribution in [0.25, 0.3) is 0 Å². The summed E-state index contributed by atoms with van der Waals surface area (Å²) in [6.07, 6.45) is -0.515. The van der Waals surface area contributed by atoms with Gasteiger partial charge in [-0.15, -0.1) is 0 Å². The molecule has 0 aromatic heterocycles. The highest BCUT2D eigenvalue weighted by atomic mass is 16.5. The van der Waals surface area contributed by atoms with Crippen molar-refractivity contribution >= 4 is 17.3 Å². The number of amides is 1. The van der Waals surface area contributed by atoms with Gasteiger partial charge in [0.15, 0.2) is 11.9 Å². The van der Waals surface area contributed by atoms with E-state index in [9.17, 15) is 4.79 Å². The molecule has 0 aliphatic carbocycles. The molecular weight excluding hydrogens is 168 g/mol. The summed E-state index contributed by atoms with van der Waals surface area (Å²) in [6, 6.07) is 5.06. The molecule has 67 valence electrons. The minimum atomic E-state index is -0.515. The molecule has 0 fully saturated rings. The predicted octanol–water partition coefficient (Wildman–Crippen LogP) is 1.32. The van der Waals surface area contributed by atoms with Crippen molar-refractivity contribution in [3.63, 3.8) is 0 Å².